The topological polar surface area (TPSA) is 75.7 Å². The summed E-state index contributed by atoms with van der Waals surface area (Å²) >= 11 is 0. The summed E-state index contributed by atoms with van der Waals surface area (Å²) in [6.07, 6.45) is 4.18. The van der Waals surface area contributed by atoms with Crippen molar-refractivity contribution < 1.29 is 17.9 Å². The van der Waals surface area contributed by atoms with Gasteiger partial charge in [-0.05, 0) is 62.2 Å². The summed E-state index contributed by atoms with van der Waals surface area (Å²) in [5.41, 5.74) is 2.03. The van der Waals surface area contributed by atoms with Crippen molar-refractivity contribution in [2.75, 3.05) is 26.7 Å². The lowest BCUT2D eigenvalue weighted by Gasteiger charge is -2.28. The van der Waals surface area contributed by atoms with Gasteiger partial charge in [0.15, 0.2) is 0 Å². The summed E-state index contributed by atoms with van der Waals surface area (Å²) in [7, 11) is -2.24. The SMILES string of the molecule is COC(=O)c1ccc(CNS(=O)(=O)C(CCN2CCCCC2)c2ccccc2)cc1. The lowest BCUT2D eigenvalue weighted by atomic mass is 10.1. The van der Waals surface area contributed by atoms with E-state index in [-0.39, 0.29) is 6.54 Å². The van der Waals surface area contributed by atoms with Crippen LogP contribution in [0.25, 0.3) is 0 Å². The van der Waals surface area contributed by atoms with Gasteiger partial charge in [0.25, 0.3) is 0 Å². The number of hydrogen-bond donors (Lipinski definition) is 1. The fourth-order valence-electron chi connectivity index (χ4n) is 3.81. The zero-order valence-electron chi connectivity index (χ0n) is 17.4. The summed E-state index contributed by atoms with van der Waals surface area (Å²) in [6.45, 7) is 3.04. The van der Waals surface area contributed by atoms with Crippen LogP contribution >= 0.6 is 0 Å². The van der Waals surface area contributed by atoms with Crippen LogP contribution in [0.3, 0.4) is 0 Å². The van der Waals surface area contributed by atoms with Gasteiger partial charge in [-0.15, -0.1) is 0 Å². The molecule has 0 amide bonds. The number of nitrogens with one attached hydrogen (secondary N) is 1. The van der Waals surface area contributed by atoms with Crippen LogP contribution < -0.4 is 4.72 Å². The van der Waals surface area contributed by atoms with E-state index in [1.54, 1.807) is 24.3 Å². The quantitative estimate of drug-likeness (QED) is 0.616. The molecule has 0 bridgehead atoms. The Bertz CT molecular complexity index is 908. The predicted molar refractivity (Wildman–Crippen MR) is 118 cm³/mol. The van der Waals surface area contributed by atoms with Crippen molar-refractivity contribution in [2.24, 2.45) is 0 Å². The van der Waals surface area contributed by atoms with E-state index >= 15 is 0 Å². The number of likely N-dealkylation sites (tertiary alicyclic amines) is 1. The Labute approximate surface area is 179 Å². The first-order valence-corrected chi connectivity index (χ1v) is 12.0. The molecule has 2 aromatic rings. The van der Waals surface area contributed by atoms with Crippen LogP contribution in [0.15, 0.2) is 54.6 Å². The van der Waals surface area contributed by atoms with Gasteiger partial charge in [0.2, 0.25) is 10.0 Å². The van der Waals surface area contributed by atoms with E-state index in [4.69, 9.17) is 4.74 Å². The zero-order valence-corrected chi connectivity index (χ0v) is 18.2. The van der Waals surface area contributed by atoms with E-state index in [1.165, 1.54) is 26.4 Å². The van der Waals surface area contributed by atoms with Crippen LogP contribution in [0.4, 0.5) is 0 Å². The lowest BCUT2D eigenvalue weighted by Crippen LogP contribution is -2.34. The number of rotatable bonds is 9. The number of hydrogen-bond acceptors (Lipinski definition) is 5. The first-order chi connectivity index (χ1) is 14.5. The second-order valence-corrected chi connectivity index (χ2v) is 9.59. The summed E-state index contributed by atoms with van der Waals surface area (Å²) in [4.78, 5) is 13.9. The Morgan fingerprint density at radius 2 is 1.70 bits per heavy atom. The smallest absolute Gasteiger partial charge is 0.337 e. The van der Waals surface area contributed by atoms with Crippen LogP contribution in [0, 0.1) is 0 Å². The molecular formula is C23H30N2O4S. The minimum Gasteiger partial charge on any atom is -0.465 e. The third-order valence-corrected chi connectivity index (χ3v) is 7.36. The molecule has 30 heavy (non-hydrogen) atoms. The van der Waals surface area contributed by atoms with Crippen LogP contribution in [0.2, 0.25) is 0 Å². The number of benzene rings is 2. The van der Waals surface area contributed by atoms with Crippen LogP contribution in [0.1, 0.15) is 52.4 Å². The average molecular weight is 431 g/mol. The molecule has 1 N–H and O–H groups in total. The Balaban J connectivity index is 1.68. The van der Waals surface area contributed by atoms with Crippen molar-refractivity contribution in [1.82, 2.24) is 9.62 Å². The number of piperidine rings is 1. The highest BCUT2D eigenvalue weighted by atomic mass is 32.2. The van der Waals surface area contributed by atoms with E-state index < -0.39 is 21.2 Å². The molecule has 1 saturated heterocycles. The Hall–Kier alpha value is -2.22. The van der Waals surface area contributed by atoms with Crippen molar-refractivity contribution in [3.8, 4) is 0 Å². The van der Waals surface area contributed by atoms with E-state index in [0.29, 0.717) is 12.0 Å². The molecule has 1 unspecified atom stereocenters. The molecule has 2 aromatic carbocycles. The Kier molecular flexibility index (Phi) is 8.01. The third kappa shape index (κ3) is 6.14. The number of methoxy groups -OCH3 is 1. The number of ether oxygens (including phenoxy) is 1. The van der Waals surface area contributed by atoms with Crippen LogP contribution in [-0.4, -0.2) is 46.0 Å². The molecule has 0 aromatic heterocycles. The van der Waals surface area contributed by atoms with Crippen LogP contribution in [0.5, 0.6) is 0 Å². The number of nitrogens with zero attached hydrogens (tertiary/aromatic N) is 1. The highest BCUT2D eigenvalue weighted by Gasteiger charge is 2.27. The third-order valence-electron chi connectivity index (χ3n) is 5.55. The molecule has 1 aliphatic heterocycles. The minimum absolute atomic E-state index is 0.177. The van der Waals surface area contributed by atoms with E-state index in [1.807, 2.05) is 30.3 Å². The normalized spacial score (nSPS) is 16.2. The van der Waals surface area contributed by atoms with Crippen LogP contribution in [-0.2, 0) is 21.3 Å². The molecule has 1 aliphatic rings. The van der Waals surface area contributed by atoms with Crippen molar-refractivity contribution >= 4 is 16.0 Å². The zero-order chi connectivity index (χ0) is 21.4. The van der Waals surface area contributed by atoms with Crippen molar-refractivity contribution in [3.63, 3.8) is 0 Å². The van der Waals surface area contributed by atoms with Gasteiger partial charge in [0.1, 0.15) is 5.25 Å². The van der Waals surface area contributed by atoms with Gasteiger partial charge in [-0.3, -0.25) is 0 Å². The Morgan fingerprint density at radius 3 is 2.33 bits per heavy atom. The second kappa shape index (κ2) is 10.7. The molecule has 7 heteroatoms. The number of sulfonamides is 1. The highest BCUT2D eigenvalue weighted by Crippen LogP contribution is 2.26. The van der Waals surface area contributed by atoms with Gasteiger partial charge in [-0.2, -0.15) is 0 Å². The molecule has 0 saturated carbocycles. The fourth-order valence-corrected chi connectivity index (χ4v) is 5.31. The summed E-state index contributed by atoms with van der Waals surface area (Å²) in [5.74, 6) is -0.413. The maximum absolute atomic E-state index is 13.2. The fraction of sp³-hybridized carbons (Fsp3) is 0.435. The average Bonchev–Trinajstić information content (AvgIpc) is 2.79. The number of carbonyl (C=O) groups excluding carboxylic acids is 1. The van der Waals surface area contributed by atoms with Crippen molar-refractivity contribution in [2.45, 2.75) is 37.5 Å². The lowest BCUT2D eigenvalue weighted by molar-refractivity contribution is 0.0600. The van der Waals surface area contributed by atoms with Gasteiger partial charge in [0.05, 0.1) is 12.7 Å². The highest BCUT2D eigenvalue weighted by molar-refractivity contribution is 7.89. The molecule has 162 valence electrons. The number of esters is 1. The Morgan fingerprint density at radius 1 is 1.03 bits per heavy atom. The molecule has 0 aliphatic carbocycles. The van der Waals surface area contributed by atoms with Crippen molar-refractivity contribution in [1.29, 1.82) is 0 Å². The van der Waals surface area contributed by atoms with E-state index in [0.717, 1.165) is 30.8 Å². The molecule has 6 nitrogen and oxygen atoms in total. The first-order valence-electron chi connectivity index (χ1n) is 10.4. The maximum Gasteiger partial charge on any atom is 0.337 e. The summed E-state index contributed by atoms with van der Waals surface area (Å²) in [6, 6.07) is 16.2. The second-order valence-electron chi connectivity index (χ2n) is 7.64. The molecule has 1 atom stereocenters. The molecule has 1 fully saturated rings. The summed E-state index contributed by atoms with van der Waals surface area (Å²) < 4.78 is 33.8. The van der Waals surface area contributed by atoms with Gasteiger partial charge in [-0.1, -0.05) is 48.9 Å². The minimum atomic E-state index is -3.57. The monoisotopic (exact) mass is 430 g/mol. The molecular weight excluding hydrogens is 400 g/mol. The van der Waals surface area contributed by atoms with E-state index in [2.05, 4.69) is 9.62 Å². The first kappa shape index (κ1) is 22.5. The maximum atomic E-state index is 13.2. The molecule has 0 radical (unpaired) electrons. The van der Waals surface area contributed by atoms with Gasteiger partial charge in [0, 0.05) is 6.54 Å². The van der Waals surface area contributed by atoms with Gasteiger partial charge in [-0.25, -0.2) is 17.9 Å². The van der Waals surface area contributed by atoms with Gasteiger partial charge < -0.3 is 9.64 Å². The van der Waals surface area contributed by atoms with E-state index in [9.17, 15) is 13.2 Å². The molecule has 1 heterocycles. The summed E-state index contributed by atoms with van der Waals surface area (Å²) in [5, 5.41) is -0.602. The van der Waals surface area contributed by atoms with Gasteiger partial charge >= 0.3 is 5.97 Å². The molecule has 0 spiro atoms. The molecule has 3 rings (SSSR count). The predicted octanol–water partition coefficient (Wildman–Crippen LogP) is 3.51. The van der Waals surface area contributed by atoms with Crippen molar-refractivity contribution in [3.05, 3.63) is 71.3 Å². The number of carbonyl (C=O) groups is 1. The standard InChI is InChI=1S/C23H30N2O4S/c1-29-23(26)21-12-10-19(11-13-21)18-24-30(27,28)22(20-8-4-2-5-9-20)14-17-25-15-6-3-7-16-25/h2,4-5,8-13,22,24H,3,6-7,14-18H2,1H3. The largest absolute Gasteiger partial charge is 0.465 e.